The lowest BCUT2D eigenvalue weighted by atomic mass is 9.90. The molecule has 0 radical (unpaired) electrons. The number of nitrogens with two attached hydrogens (primary N) is 1. The minimum Gasteiger partial charge on any atom is -0.271 e. The van der Waals surface area contributed by atoms with Crippen molar-refractivity contribution in [2.75, 3.05) is 0 Å². The van der Waals surface area contributed by atoms with Crippen LogP contribution in [0.1, 0.15) is 41.8 Å². The highest BCUT2D eigenvalue weighted by Crippen LogP contribution is 2.36. The van der Waals surface area contributed by atoms with Crippen molar-refractivity contribution in [3.63, 3.8) is 0 Å². The summed E-state index contributed by atoms with van der Waals surface area (Å²) in [6.07, 6.45) is 3.25. The van der Waals surface area contributed by atoms with Crippen LogP contribution < -0.4 is 11.3 Å². The van der Waals surface area contributed by atoms with Gasteiger partial charge in [-0.3, -0.25) is 16.0 Å². The lowest BCUT2D eigenvalue weighted by Crippen LogP contribution is -2.41. The Balaban J connectivity index is 1.83. The molecule has 0 saturated heterocycles. The number of hydrogen-bond acceptors (Lipinski definition) is 3. The average molecular weight is 284 g/mol. The van der Waals surface area contributed by atoms with Crippen LogP contribution in [0.2, 0.25) is 0 Å². The van der Waals surface area contributed by atoms with Crippen molar-refractivity contribution in [2.24, 2.45) is 5.84 Å². The van der Waals surface area contributed by atoms with E-state index in [0.29, 0.717) is 5.92 Å². The number of nitrogens with one attached hydrogen (secondary N) is 1. The maximum absolute atomic E-state index is 5.88. The van der Waals surface area contributed by atoms with E-state index < -0.39 is 0 Å². The summed E-state index contributed by atoms with van der Waals surface area (Å²) in [4.78, 5) is 0. The zero-order valence-corrected chi connectivity index (χ0v) is 12.8. The van der Waals surface area contributed by atoms with E-state index in [9.17, 15) is 0 Å². The molecule has 0 fully saturated rings. The van der Waals surface area contributed by atoms with Crippen LogP contribution in [0.4, 0.5) is 0 Å². The topological polar surface area (TPSA) is 55.9 Å². The Labute approximate surface area is 126 Å². The number of hydrazine groups is 1. The average Bonchev–Trinajstić information content (AvgIpc) is 3.08. The van der Waals surface area contributed by atoms with Crippen molar-refractivity contribution < 1.29 is 0 Å². The first-order valence-corrected chi connectivity index (χ1v) is 7.80. The van der Waals surface area contributed by atoms with Crippen LogP contribution in [0.15, 0.2) is 30.3 Å². The minimum atomic E-state index is 0.259. The van der Waals surface area contributed by atoms with Gasteiger partial charge >= 0.3 is 0 Å². The molecule has 112 valence electrons. The molecule has 21 heavy (non-hydrogen) atoms. The molecule has 0 bridgehead atoms. The Bertz CT molecular complexity index is 617. The number of fused-ring (bicyclic) bond motifs is 1. The fourth-order valence-electron chi connectivity index (χ4n) is 3.59. The predicted octanol–water partition coefficient (Wildman–Crippen LogP) is 2.32. The van der Waals surface area contributed by atoms with E-state index in [2.05, 4.69) is 52.5 Å². The smallest absolute Gasteiger partial charge is 0.0596 e. The second kappa shape index (κ2) is 6.00. The molecule has 2 atom stereocenters. The van der Waals surface area contributed by atoms with Gasteiger partial charge in [-0.1, -0.05) is 24.3 Å². The molecule has 3 N–H and O–H groups in total. The first-order valence-electron chi connectivity index (χ1n) is 7.80. The molecule has 4 nitrogen and oxygen atoms in total. The Hall–Kier alpha value is -1.65. The predicted molar refractivity (Wildman–Crippen MR) is 85.0 cm³/mol. The number of rotatable bonds is 5. The maximum Gasteiger partial charge on any atom is 0.0596 e. The molecular formula is C17H24N4. The van der Waals surface area contributed by atoms with Crippen molar-refractivity contribution in [1.29, 1.82) is 0 Å². The molecule has 0 amide bonds. The summed E-state index contributed by atoms with van der Waals surface area (Å²) in [6.45, 7) is 5.08. The Morgan fingerprint density at radius 3 is 3.00 bits per heavy atom. The van der Waals surface area contributed by atoms with Crippen LogP contribution in [-0.2, 0) is 19.4 Å². The van der Waals surface area contributed by atoms with Gasteiger partial charge in [-0.25, -0.2) is 0 Å². The number of hydrogen-bond donors (Lipinski definition) is 2. The van der Waals surface area contributed by atoms with Crippen LogP contribution in [0.5, 0.6) is 0 Å². The van der Waals surface area contributed by atoms with E-state index in [-0.39, 0.29) is 6.04 Å². The van der Waals surface area contributed by atoms with Gasteiger partial charge in [0, 0.05) is 30.6 Å². The van der Waals surface area contributed by atoms with E-state index in [1.165, 1.54) is 23.2 Å². The molecule has 0 spiro atoms. The highest BCUT2D eigenvalue weighted by atomic mass is 15.3. The molecule has 2 unspecified atom stereocenters. The quantitative estimate of drug-likeness (QED) is 0.654. The first-order chi connectivity index (χ1) is 10.2. The van der Waals surface area contributed by atoms with Gasteiger partial charge in [-0.05, 0) is 43.9 Å². The van der Waals surface area contributed by atoms with Crippen molar-refractivity contribution >= 4 is 0 Å². The van der Waals surface area contributed by atoms with Gasteiger partial charge in [-0.2, -0.15) is 5.10 Å². The van der Waals surface area contributed by atoms with Crippen molar-refractivity contribution in [3.05, 3.63) is 52.8 Å². The molecule has 0 saturated carbocycles. The van der Waals surface area contributed by atoms with Gasteiger partial charge in [0.1, 0.15) is 0 Å². The van der Waals surface area contributed by atoms with E-state index in [1.807, 2.05) is 6.92 Å². The van der Waals surface area contributed by atoms with Crippen molar-refractivity contribution in [2.45, 2.75) is 51.6 Å². The maximum atomic E-state index is 5.88. The highest BCUT2D eigenvalue weighted by Gasteiger charge is 2.29. The lowest BCUT2D eigenvalue weighted by Gasteiger charge is -2.24. The SMILES string of the molecule is CCn1nc(C)cc1CC(NN)C1CCc2ccccc21. The van der Waals surface area contributed by atoms with Gasteiger partial charge in [0.05, 0.1) is 5.69 Å². The Kier molecular flexibility index (Phi) is 4.08. The van der Waals surface area contributed by atoms with E-state index in [0.717, 1.165) is 25.1 Å². The zero-order chi connectivity index (χ0) is 14.8. The summed E-state index contributed by atoms with van der Waals surface area (Å²) in [5, 5.41) is 4.54. The number of aromatic nitrogens is 2. The summed E-state index contributed by atoms with van der Waals surface area (Å²) in [6, 6.07) is 11.2. The summed E-state index contributed by atoms with van der Waals surface area (Å²) < 4.78 is 2.08. The third-order valence-corrected chi connectivity index (χ3v) is 4.59. The molecule has 1 aromatic carbocycles. The standard InChI is InChI=1S/C17H24N4/c1-3-21-14(10-12(2)20-21)11-17(19-18)16-9-8-13-6-4-5-7-15(13)16/h4-7,10,16-17,19H,3,8-9,11,18H2,1-2H3. The largest absolute Gasteiger partial charge is 0.271 e. The third kappa shape index (κ3) is 2.74. The summed E-state index contributed by atoms with van der Waals surface area (Å²) in [5.41, 5.74) is 8.33. The van der Waals surface area contributed by atoms with Crippen LogP contribution >= 0.6 is 0 Å². The lowest BCUT2D eigenvalue weighted by molar-refractivity contribution is 0.422. The van der Waals surface area contributed by atoms with Gasteiger partial charge in [0.15, 0.2) is 0 Å². The molecule has 0 aliphatic heterocycles. The zero-order valence-electron chi connectivity index (χ0n) is 12.8. The summed E-state index contributed by atoms with van der Waals surface area (Å²) >= 11 is 0. The van der Waals surface area contributed by atoms with E-state index in [4.69, 9.17) is 5.84 Å². The van der Waals surface area contributed by atoms with Gasteiger partial charge < -0.3 is 0 Å². The molecule has 1 aliphatic rings. The van der Waals surface area contributed by atoms with Crippen LogP contribution in [0, 0.1) is 6.92 Å². The number of aryl methyl sites for hydroxylation is 3. The third-order valence-electron chi connectivity index (χ3n) is 4.59. The summed E-state index contributed by atoms with van der Waals surface area (Å²) in [5.74, 6) is 6.37. The van der Waals surface area contributed by atoms with Crippen LogP contribution in [0.25, 0.3) is 0 Å². The molecule has 1 heterocycles. The Morgan fingerprint density at radius 1 is 1.43 bits per heavy atom. The molecule has 2 aromatic rings. The normalized spacial score (nSPS) is 18.7. The van der Waals surface area contributed by atoms with Gasteiger partial charge in [-0.15, -0.1) is 0 Å². The minimum absolute atomic E-state index is 0.259. The van der Waals surface area contributed by atoms with Crippen molar-refractivity contribution in [3.8, 4) is 0 Å². The Morgan fingerprint density at radius 2 is 2.24 bits per heavy atom. The second-order valence-electron chi connectivity index (χ2n) is 5.91. The number of benzene rings is 1. The van der Waals surface area contributed by atoms with Gasteiger partial charge in [0.25, 0.3) is 0 Å². The van der Waals surface area contributed by atoms with Crippen molar-refractivity contribution in [1.82, 2.24) is 15.2 Å². The van der Waals surface area contributed by atoms with E-state index >= 15 is 0 Å². The number of nitrogens with zero attached hydrogens (tertiary/aromatic N) is 2. The van der Waals surface area contributed by atoms with E-state index in [1.54, 1.807) is 0 Å². The summed E-state index contributed by atoms with van der Waals surface area (Å²) in [7, 11) is 0. The first kappa shape index (κ1) is 14.3. The van der Waals surface area contributed by atoms with Crippen LogP contribution in [-0.4, -0.2) is 15.8 Å². The molecule has 1 aliphatic carbocycles. The fourth-order valence-corrected chi connectivity index (χ4v) is 3.59. The molecule has 1 aromatic heterocycles. The van der Waals surface area contributed by atoms with Gasteiger partial charge in [0.2, 0.25) is 0 Å². The molecular weight excluding hydrogens is 260 g/mol. The highest BCUT2D eigenvalue weighted by molar-refractivity contribution is 5.36. The fraction of sp³-hybridized carbons (Fsp3) is 0.471. The van der Waals surface area contributed by atoms with Crippen LogP contribution in [0.3, 0.4) is 0 Å². The molecule has 4 heteroatoms. The molecule has 3 rings (SSSR count). The monoisotopic (exact) mass is 284 g/mol. The second-order valence-corrected chi connectivity index (χ2v) is 5.91.